The SMILES string of the molecule is COc1cc2nccc(N3CCCc4cc(N(C)C(=O)CN(C=O)c5cncc(C(F)(F)F)c5)ccc43)c2cc1OC. The summed E-state index contributed by atoms with van der Waals surface area (Å²) >= 11 is 0. The number of benzene rings is 2. The minimum absolute atomic E-state index is 0.124. The number of methoxy groups -OCH3 is 2. The van der Waals surface area contributed by atoms with E-state index in [1.165, 1.54) is 4.90 Å². The topological polar surface area (TPSA) is 88.1 Å². The van der Waals surface area contributed by atoms with Gasteiger partial charge in [-0.25, -0.2) is 0 Å². The molecule has 0 N–H and O–H groups in total. The molecule has 42 heavy (non-hydrogen) atoms. The van der Waals surface area contributed by atoms with Crippen LogP contribution in [0.2, 0.25) is 0 Å². The maximum absolute atomic E-state index is 13.1. The fourth-order valence-corrected chi connectivity index (χ4v) is 5.06. The summed E-state index contributed by atoms with van der Waals surface area (Å²) in [7, 11) is 4.72. The number of rotatable bonds is 8. The number of carbonyl (C=O) groups excluding carboxylic acids is 2. The van der Waals surface area contributed by atoms with Crippen LogP contribution in [-0.2, 0) is 22.2 Å². The third kappa shape index (κ3) is 5.52. The number of aryl methyl sites for hydroxylation is 1. The van der Waals surface area contributed by atoms with Crippen LogP contribution >= 0.6 is 0 Å². The Labute approximate surface area is 240 Å². The fourth-order valence-electron chi connectivity index (χ4n) is 5.06. The second-order valence-corrected chi connectivity index (χ2v) is 9.74. The van der Waals surface area contributed by atoms with E-state index in [2.05, 4.69) is 14.9 Å². The van der Waals surface area contributed by atoms with Gasteiger partial charge in [0, 0.05) is 48.8 Å². The monoisotopic (exact) mass is 579 g/mol. The summed E-state index contributed by atoms with van der Waals surface area (Å²) in [6, 6.07) is 12.1. The number of anilines is 4. The van der Waals surface area contributed by atoms with Gasteiger partial charge in [0.2, 0.25) is 12.3 Å². The molecule has 2 amide bonds. The van der Waals surface area contributed by atoms with Crippen molar-refractivity contribution >= 4 is 46.0 Å². The summed E-state index contributed by atoms with van der Waals surface area (Å²) in [5.74, 6) is 0.703. The van der Waals surface area contributed by atoms with Crippen LogP contribution in [0.4, 0.5) is 35.9 Å². The van der Waals surface area contributed by atoms with Crippen molar-refractivity contribution in [3.63, 3.8) is 0 Å². The molecular formula is C30H28F3N5O4. The minimum atomic E-state index is -4.63. The molecule has 0 atom stereocenters. The smallest absolute Gasteiger partial charge is 0.417 e. The number of hydrogen-bond acceptors (Lipinski definition) is 7. The predicted octanol–water partition coefficient (Wildman–Crippen LogP) is 5.38. The molecule has 1 aliphatic rings. The molecule has 2 aromatic carbocycles. The van der Waals surface area contributed by atoms with Gasteiger partial charge in [0.1, 0.15) is 6.54 Å². The fraction of sp³-hybridized carbons (Fsp3) is 0.267. The number of ether oxygens (including phenoxy) is 2. The van der Waals surface area contributed by atoms with Crippen molar-refractivity contribution in [2.45, 2.75) is 19.0 Å². The number of nitrogens with zero attached hydrogens (tertiary/aromatic N) is 5. The van der Waals surface area contributed by atoms with E-state index in [0.29, 0.717) is 29.8 Å². The number of pyridine rings is 2. The number of likely N-dealkylation sites (N-methyl/N-ethyl adjacent to an activating group) is 1. The minimum Gasteiger partial charge on any atom is -0.493 e. The van der Waals surface area contributed by atoms with Gasteiger partial charge in [0.15, 0.2) is 11.5 Å². The van der Waals surface area contributed by atoms with Crippen molar-refractivity contribution in [3.05, 3.63) is 72.2 Å². The zero-order chi connectivity index (χ0) is 30.0. The molecule has 5 rings (SSSR count). The number of alkyl halides is 3. The standard InChI is InChI=1S/C30H28F3N5O4/c1-36(29(40)17-37(18-39)22-12-20(15-34-16-22)30(31,32)33)21-6-7-25-19(11-21)5-4-10-38(25)26-8-9-35-24-14-28(42-3)27(41-2)13-23(24)26/h6-9,11-16,18H,4-5,10,17H2,1-3H3. The van der Waals surface area contributed by atoms with Gasteiger partial charge in [-0.05, 0) is 54.8 Å². The molecular weight excluding hydrogens is 551 g/mol. The molecule has 0 aliphatic carbocycles. The average Bonchev–Trinajstić information content (AvgIpc) is 3.01. The van der Waals surface area contributed by atoms with Crippen LogP contribution in [0.5, 0.6) is 11.5 Å². The number of fused-ring (bicyclic) bond motifs is 2. The Morgan fingerprint density at radius 1 is 1.02 bits per heavy atom. The maximum Gasteiger partial charge on any atom is 0.417 e. The first kappa shape index (κ1) is 28.7. The Kier molecular flexibility index (Phi) is 7.88. The largest absolute Gasteiger partial charge is 0.493 e. The second-order valence-electron chi connectivity index (χ2n) is 9.74. The van der Waals surface area contributed by atoms with Gasteiger partial charge in [-0.3, -0.25) is 19.6 Å². The van der Waals surface area contributed by atoms with Crippen LogP contribution < -0.4 is 24.2 Å². The zero-order valence-corrected chi connectivity index (χ0v) is 23.2. The highest BCUT2D eigenvalue weighted by Crippen LogP contribution is 2.41. The Hall–Kier alpha value is -4.87. The Morgan fingerprint density at radius 3 is 2.50 bits per heavy atom. The van der Waals surface area contributed by atoms with Gasteiger partial charge in [-0.15, -0.1) is 0 Å². The lowest BCUT2D eigenvalue weighted by molar-refractivity contribution is -0.137. The van der Waals surface area contributed by atoms with Crippen molar-refractivity contribution in [2.75, 3.05) is 49.1 Å². The summed E-state index contributed by atoms with van der Waals surface area (Å²) in [5.41, 5.74) is 3.19. The van der Waals surface area contributed by atoms with Crippen molar-refractivity contribution in [1.82, 2.24) is 9.97 Å². The van der Waals surface area contributed by atoms with Gasteiger partial charge in [0.05, 0.1) is 42.9 Å². The van der Waals surface area contributed by atoms with E-state index >= 15 is 0 Å². The maximum atomic E-state index is 13.1. The highest BCUT2D eigenvalue weighted by atomic mass is 19.4. The van der Waals surface area contributed by atoms with Gasteiger partial charge in [0.25, 0.3) is 0 Å². The average molecular weight is 580 g/mol. The lowest BCUT2D eigenvalue weighted by atomic mass is 9.99. The van der Waals surface area contributed by atoms with Crippen LogP contribution in [0.25, 0.3) is 10.9 Å². The predicted molar refractivity (Wildman–Crippen MR) is 153 cm³/mol. The van der Waals surface area contributed by atoms with Crippen LogP contribution in [-0.4, -0.2) is 56.6 Å². The molecule has 218 valence electrons. The first-order chi connectivity index (χ1) is 20.1. The van der Waals surface area contributed by atoms with Crippen molar-refractivity contribution in [1.29, 1.82) is 0 Å². The van der Waals surface area contributed by atoms with Gasteiger partial charge >= 0.3 is 6.18 Å². The van der Waals surface area contributed by atoms with Crippen LogP contribution in [0, 0.1) is 0 Å². The second kappa shape index (κ2) is 11.6. The Balaban J connectivity index is 1.40. The van der Waals surface area contributed by atoms with E-state index in [9.17, 15) is 22.8 Å². The van der Waals surface area contributed by atoms with Crippen LogP contribution in [0.15, 0.2) is 61.1 Å². The van der Waals surface area contributed by atoms with Gasteiger partial charge in [-0.1, -0.05) is 0 Å². The Morgan fingerprint density at radius 2 is 1.79 bits per heavy atom. The first-order valence-electron chi connectivity index (χ1n) is 13.1. The number of amides is 2. The molecule has 0 saturated heterocycles. The number of carbonyl (C=O) groups is 2. The summed E-state index contributed by atoms with van der Waals surface area (Å²) in [6.45, 7) is 0.314. The van der Waals surface area contributed by atoms with Crippen molar-refractivity contribution in [2.24, 2.45) is 0 Å². The molecule has 0 unspecified atom stereocenters. The van der Waals surface area contributed by atoms with E-state index in [-0.39, 0.29) is 5.69 Å². The number of hydrogen-bond donors (Lipinski definition) is 0. The number of halogens is 3. The van der Waals surface area contributed by atoms with Crippen molar-refractivity contribution in [3.8, 4) is 11.5 Å². The molecule has 0 saturated carbocycles. The lowest BCUT2D eigenvalue weighted by Crippen LogP contribution is -2.38. The lowest BCUT2D eigenvalue weighted by Gasteiger charge is -2.33. The zero-order valence-electron chi connectivity index (χ0n) is 23.2. The van der Waals surface area contributed by atoms with Gasteiger partial charge in [-0.2, -0.15) is 13.2 Å². The first-order valence-corrected chi connectivity index (χ1v) is 13.1. The molecule has 0 bridgehead atoms. The molecule has 9 nitrogen and oxygen atoms in total. The van der Waals surface area contributed by atoms with E-state index in [4.69, 9.17) is 9.47 Å². The van der Waals surface area contributed by atoms with E-state index < -0.39 is 24.2 Å². The third-order valence-electron chi connectivity index (χ3n) is 7.27. The normalized spacial score (nSPS) is 13.0. The molecule has 2 aromatic heterocycles. The van der Waals surface area contributed by atoms with Crippen LogP contribution in [0.1, 0.15) is 17.5 Å². The molecule has 0 spiro atoms. The van der Waals surface area contributed by atoms with Crippen molar-refractivity contribution < 1.29 is 32.2 Å². The quantitative estimate of drug-likeness (QED) is 0.259. The highest BCUT2D eigenvalue weighted by molar-refractivity contribution is 6.00. The summed E-state index contributed by atoms with van der Waals surface area (Å²) in [6.07, 6.45) is 0.869. The summed E-state index contributed by atoms with van der Waals surface area (Å²) in [4.78, 5) is 37.4. The molecule has 1 aliphatic heterocycles. The molecule has 3 heterocycles. The molecule has 4 aromatic rings. The Bertz CT molecular complexity index is 1650. The highest BCUT2D eigenvalue weighted by Gasteiger charge is 2.32. The van der Waals surface area contributed by atoms with E-state index in [1.807, 2.05) is 30.3 Å². The molecule has 0 fully saturated rings. The van der Waals surface area contributed by atoms with E-state index in [0.717, 1.165) is 64.4 Å². The summed E-state index contributed by atoms with van der Waals surface area (Å²) < 4.78 is 50.3. The summed E-state index contributed by atoms with van der Waals surface area (Å²) in [5, 5.41) is 0.900. The molecule has 0 radical (unpaired) electrons. The molecule has 12 heteroatoms. The van der Waals surface area contributed by atoms with Gasteiger partial charge < -0.3 is 24.2 Å². The number of aromatic nitrogens is 2. The third-order valence-corrected chi connectivity index (χ3v) is 7.27. The van der Waals surface area contributed by atoms with E-state index in [1.54, 1.807) is 33.5 Å². The van der Waals surface area contributed by atoms with Crippen LogP contribution in [0.3, 0.4) is 0 Å².